The zero-order valence-corrected chi connectivity index (χ0v) is 16.4. The third kappa shape index (κ3) is 5.03. The zero-order valence-electron chi connectivity index (χ0n) is 16.4. The Labute approximate surface area is 172 Å². The molecule has 30 heavy (non-hydrogen) atoms. The number of aliphatic carboxylic acids is 1. The summed E-state index contributed by atoms with van der Waals surface area (Å²) in [5.74, 6) is -2.31. The third-order valence-electron chi connectivity index (χ3n) is 4.74. The van der Waals surface area contributed by atoms with Crippen molar-refractivity contribution in [2.45, 2.75) is 37.9 Å². The highest BCUT2D eigenvalue weighted by Gasteiger charge is 2.28. The molecule has 0 saturated heterocycles. The van der Waals surface area contributed by atoms with Gasteiger partial charge in [0.05, 0.1) is 12.4 Å². The molecule has 2 amide bonds. The molecule has 0 fully saturated rings. The number of fused-ring (bicyclic) bond motifs is 1. The number of imidazole rings is 1. The van der Waals surface area contributed by atoms with Gasteiger partial charge >= 0.3 is 5.97 Å². The summed E-state index contributed by atoms with van der Waals surface area (Å²) in [4.78, 5) is 46.5. The molecule has 2 aromatic heterocycles. The molecule has 3 aromatic rings. The molecular formula is C20H24N6O4. The van der Waals surface area contributed by atoms with E-state index in [1.807, 2.05) is 24.3 Å². The minimum atomic E-state index is -1.19. The number of hydrogen-bond acceptors (Lipinski definition) is 5. The van der Waals surface area contributed by atoms with E-state index in [9.17, 15) is 19.5 Å². The molecule has 3 atom stereocenters. The van der Waals surface area contributed by atoms with Crippen LogP contribution in [0.15, 0.2) is 43.0 Å². The Bertz CT molecular complexity index is 1030. The van der Waals surface area contributed by atoms with Crippen LogP contribution in [0.4, 0.5) is 0 Å². The van der Waals surface area contributed by atoms with Crippen LogP contribution in [0.25, 0.3) is 10.9 Å². The number of H-pyrrole nitrogens is 2. The van der Waals surface area contributed by atoms with Crippen LogP contribution in [-0.4, -0.2) is 56.0 Å². The second kappa shape index (κ2) is 9.23. The van der Waals surface area contributed by atoms with E-state index in [-0.39, 0.29) is 12.8 Å². The standard InChI is InChI=1S/C20H24N6O4/c1-11(21)18(27)25-16(6-12-8-23-15-5-3-2-4-14(12)15)19(28)26-17(20(29)30)7-13-9-22-10-24-13/h2-5,8-11,16-17,23H,6-7,21H2,1H3,(H,22,24)(H,25,27)(H,26,28)(H,29,30)/t11-,16-,17-/m0/s1. The summed E-state index contributed by atoms with van der Waals surface area (Å²) in [6, 6.07) is 4.57. The van der Waals surface area contributed by atoms with Gasteiger partial charge in [-0.05, 0) is 18.6 Å². The van der Waals surface area contributed by atoms with Crippen molar-refractivity contribution in [2.24, 2.45) is 5.73 Å². The molecule has 10 heteroatoms. The average Bonchev–Trinajstić information content (AvgIpc) is 3.36. The van der Waals surface area contributed by atoms with Gasteiger partial charge in [0.15, 0.2) is 0 Å². The summed E-state index contributed by atoms with van der Waals surface area (Å²) < 4.78 is 0. The number of nitrogens with two attached hydrogens (primary N) is 1. The predicted molar refractivity (Wildman–Crippen MR) is 109 cm³/mol. The van der Waals surface area contributed by atoms with Crippen molar-refractivity contribution in [3.63, 3.8) is 0 Å². The summed E-state index contributed by atoms with van der Waals surface area (Å²) in [7, 11) is 0. The molecule has 0 spiro atoms. The van der Waals surface area contributed by atoms with E-state index in [0.717, 1.165) is 16.5 Å². The Hall–Kier alpha value is -3.66. The van der Waals surface area contributed by atoms with Gasteiger partial charge in [0.1, 0.15) is 12.1 Å². The summed E-state index contributed by atoms with van der Waals surface area (Å²) in [5, 5.41) is 15.6. The van der Waals surface area contributed by atoms with Crippen molar-refractivity contribution in [3.8, 4) is 0 Å². The summed E-state index contributed by atoms with van der Waals surface area (Å²) in [6.07, 6.45) is 4.89. The maximum absolute atomic E-state index is 12.9. The van der Waals surface area contributed by atoms with Gasteiger partial charge < -0.3 is 31.4 Å². The Morgan fingerprint density at radius 2 is 1.83 bits per heavy atom. The number of nitrogens with zero attached hydrogens (tertiary/aromatic N) is 1. The zero-order chi connectivity index (χ0) is 21.7. The number of carbonyl (C=O) groups is 3. The van der Waals surface area contributed by atoms with Gasteiger partial charge in [-0.1, -0.05) is 18.2 Å². The normalized spacial score (nSPS) is 14.1. The molecule has 0 bridgehead atoms. The van der Waals surface area contributed by atoms with Gasteiger partial charge in [0, 0.05) is 41.8 Å². The second-order valence-corrected chi connectivity index (χ2v) is 7.09. The highest BCUT2D eigenvalue weighted by molar-refractivity contribution is 5.92. The van der Waals surface area contributed by atoms with Crippen LogP contribution >= 0.6 is 0 Å². The molecule has 1 aromatic carbocycles. The quantitative estimate of drug-likeness (QED) is 0.291. The number of carboxylic acids is 1. The molecule has 0 unspecified atom stereocenters. The molecule has 7 N–H and O–H groups in total. The monoisotopic (exact) mass is 412 g/mol. The van der Waals surface area contributed by atoms with Crippen molar-refractivity contribution >= 4 is 28.7 Å². The molecule has 0 saturated carbocycles. The summed E-state index contributed by atoms with van der Waals surface area (Å²) >= 11 is 0. The number of aromatic amines is 2. The van der Waals surface area contributed by atoms with Crippen LogP contribution in [-0.2, 0) is 27.2 Å². The number of amides is 2. The van der Waals surface area contributed by atoms with E-state index in [0.29, 0.717) is 5.69 Å². The minimum Gasteiger partial charge on any atom is -0.480 e. The number of rotatable bonds is 9. The molecule has 2 heterocycles. The number of hydrogen-bond donors (Lipinski definition) is 6. The van der Waals surface area contributed by atoms with Gasteiger partial charge in [0.25, 0.3) is 0 Å². The first-order valence-electron chi connectivity index (χ1n) is 9.46. The number of carboxylic acid groups (broad SMARTS) is 1. The Morgan fingerprint density at radius 3 is 2.50 bits per heavy atom. The molecular weight excluding hydrogens is 388 g/mol. The number of para-hydroxylation sites is 1. The van der Waals surface area contributed by atoms with Crippen molar-refractivity contribution < 1.29 is 19.5 Å². The topological polar surface area (TPSA) is 166 Å². The van der Waals surface area contributed by atoms with Crippen LogP contribution in [0.1, 0.15) is 18.2 Å². The van der Waals surface area contributed by atoms with Gasteiger partial charge in [0.2, 0.25) is 11.8 Å². The lowest BCUT2D eigenvalue weighted by atomic mass is 10.0. The first-order valence-corrected chi connectivity index (χ1v) is 9.46. The highest BCUT2D eigenvalue weighted by Crippen LogP contribution is 2.19. The molecule has 158 valence electrons. The lowest BCUT2D eigenvalue weighted by molar-refractivity contribution is -0.142. The van der Waals surface area contributed by atoms with Crippen LogP contribution in [0, 0.1) is 0 Å². The summed E-state index contributed by atoms with van der Waals surface area (Å²) in [5.41, 5.74) is 7.91. The van der Waals surface area contributed by atoms with Gasteiger partial charge in [-0.25, -0.2) is 9.78 Å². The average molecular weight is 412 g/mol. The van der Waals surface area contributed by atoms with E-state index in [1.54, 1.807) is 6.20 Å². The van der Waals surface area contributed by atoms with E-state index in [1.165, 1.54) is 19.4 Å². The number of nitrogens with one attached hydrogen (secondary N) is 4. The second-order valence-electron chi connectivity index (χ2n) is 7.09. The first kappa shape index (κ1) is 21.1. The largest absolute Gasteiger partial charge is 0.480 e. The third-order valence-corrected chi connectivity index (χ3v) is 4.74. The number of carbonyl (C=O) groups excluding carboxylic acids is 2. The first-order chi connectivity index (χ1) is 14.3. The van der Waals surface area contributed by atoms with Crippen molar-refractivity contribution in [1.82, 2.24) is 25.6 Å². The molecule has 3 rings (SSSR count). The van der Waals surface area contributed by atoms with E-state index < -0.39 is 35.9 Å². The Balaban J connectivity index is 1.80. The minimum absolute atomic E-state index is 0.0299. The Morgan fingerprint density at radius 1 is 1.10 bits per heavy atom. The maximum atomic E-state index is 12.9. The highest BCUT2D eigenvalue weighted by atomic mass is 16.4. The molecule has 0 aliphatic heterocycles. The number of benzene rings is 1. The molecule has 0 radical (unpaired) electrons. The fourth-order valence-electron chi connectivity index (χ4n) is 3.12. The number of aromatic nitrogens is 3. The fraction of sp³-hybridized carbons (Fsp3) is 0.300. The smallest absolute Gasteiger partial charge is 0.326 e. The fourth-order valence-corrected chi connectivity index (χ4v) is 3.12. The van der Waals surface area contributed by atoms with E-state index in [4.69, 9.17) is 5.73 Å². The van der Waals surface area contributed by atoms with Gasteiger partial charge in [-0.2, -0.15) is 0 Å². The summed E-state index contributed by atoms with van der Waals surface area (Å²) in [6.45, 7) is 1.51. The van der Waals surface area contributed by atoms with Crippen LogP contribution < -0.4 is 16.4 Å². The molecule has 0 aliphatic carbocycles. The predicted octanol–water partition coefficient (Wildman–Crippen LogP) is 0.0776. The molecule has 0 aliphatic rings. The van der Waals surface area contributed by atoms with Crippen molar-refractivity contribution in [1.29, 1.82) is 0 Å². The van der Waals surface area contributed by atoms with Crippen molar-refractivity contribution in [2.75, 3.05) is 0 Å². The SMILES string of the molecule is C[C@H](N)C(=O)N[C@@H](Cc1c[nH]c2ccccc12)C(=O)N[C@@H](Cc1cnc[nH]1)C(=O)O. The van der Waals surface area contributed by atoms with Gasteiger partial charge in [-0.3, -0.25) is 9.59 Å². The van der Waals surface area contributed by atoms with E-state index >= 15 is 0 Å². The van der Waals surface area contributed by atoms with Crippen LogP contribution in [0.3, 0.4) is 0 Å². The van der Waals surface area contributed by atoms with Gasteiger partial charge in [-0.15, -0.1) is 0 Å². The molecule has 10 nitrogen and oxygen atoms in total. The van der Waals surface area contributed by atoms with Crippen LogP contribution in [0.5, 0.6) is 0 Å². The van der Waals surface area contributed by atoms with E-state index in [2.05, 4.69) is 25.6 Å². The Kier molecular flexibility index (Phi) is 6.48. The lowest BCUT2D eigenvalue weighted by Gasteiger charge is -2.22. The van der Waals surface area contributed by atoms with Crippen LogP contribution in [0.2, 0.25) is 0 Å². The van der Waals surface area contributed by atoms with Crippen molar-refractivity contribution in [3.05, 3.63) is 54.2 Å². The lowest BCUT2D eigenvalue weighted by Crippen LogP contribution is -2.55. The maximum Gasteiger partial charge on any atom is 0.326 e.